The van der Waals surface area contributed by atoms with Crippen LogP contribution in [0.25, 0.3) is 0 Å². The van der Waals surface area contributed by atoms with E-state index in [4.69, 9.17) is 5.73 Å². The molecule has 3 nitrogen and oxygen atoms in total. The molecule has 0 saturated carbocycles. The van der Waals surface area contributed by atoms with Crippen molar-refractivity contribution >= 4 is 5.91 Å². The molecule has 2 atom stereocenters. The number of hydrogen-bond donors (Lipinski definition) is 1. The van der Waals surface area contributed by atoms with Gasteiger partial charge in [0.05, 0.1) is 5.92 Å². The van der Waals surface area contributed by atoms with Gasteiger partial charge in [-0.15, -0.1) is 0 Å². The second-order valence-corrected chi connectivity index (χ2v) is 5.34. The molecule has 2 rings (SSSR count). The smallest absolute Gasteiger partial charge is 0.229 e. The van der Waals surface area contributed by atoms with Crippen molar-refractivity contribution in [2.75, 3.05) is 13.6 Å². The van der Waals surface area contributed by atoms with Crippen molar-refractivity contribution in [2.24, 2.45) is 5.73 Å². The molecule has 3 heteroatoms. The monoisotopic (exact) mass is 246 g/mol. The summed E-state index contributed by atoms with van der Waals surface area (Å²) in [6.07, 6.45) is 3.15. The first-order valence-corrected chi connectivity index (χ1v) is 6.68. The van der Waals surface area contributed by atoms with E-state index in [-0.39, 0.29) is 17.9 Å². The number of amides is 1. The molecule has 1 aromatic carbocycles. The fraction of sp³-hybridized carbons (Fsp3) is 0.533. The number of carbonyl (C=O) groups is 1. The molecule has 1 amide bonds. The van der Waals surface area contributed by atoms with E-state index in [1.54, 1.807) is 4.90 Å². The van der Waals surface area contributed by atoms with Crippen LogP contribution in [0.5, 0.6) is 0 Å². The van der Waals surface area contributed by atoms with Crippen LogP contribution in [0.3, 0.4) is 0 Å². The molecule has 18 heavy (non-hydrogen) atoms. The molecule has 1 aromatic rings. The number of benzene rings is 1. The van der Waals surface area contributed by atoms with Gasteiger partial charge in [-0.25, -0.2) is 0 Å². The summed E-state index contributed by atoms with van der Waals surface area (Å²) in [4.78, 5) is 14.2. The normalized spacial score (nSPS) is 20.1. The van der Waals surface area contributed by atoms with Gasteiger partial charge in [-0.3, -0.25) is 4.79 Å². The first-order chi connectivity index (χ1) is 8.59. The summed E-state index contributed by atoms with van der Waals surface area (Å²) in [7, 11) is 1.85. The molecular formula is C15H22N2O. The minimum atomic E-state index is 0.0257. The minimum absolute atomic E-state index is 0.0257. The van der Waals surface area contributed by atoms with Gasteiger partial charge in [-0.05, 0) is 37.3 Å². The fourth-order valence-corrected chi connectivity index (χ4v) is 2.80. The van der Waals surface area contributed by atoms with Crippen molar-refractivity contribution in [3.63, 3.8) is 0 Å². The quantitative estimate of drug-likeness (QED) is 0.885. The van der Waals surface area contributed by atoms with E-state index in [1.165, 1.54) is 11.1 Å². The zero-order valence-corrected chi connectivity index (χ0v) is 11.2. The highest BCUT2D eigenvalue weighted by Crippen LogP contribution is 2.32. The number of nitrogens with zero attached hydrogens (tertiary/aromatic N) is 1. The Hall–Kier alpha value is -1.35. The predicted octanol–water partition coefficient (Wildman–Crippen LogP) is 1.91. The Bertz CT molecular complexity index is 428. The average Bonchev–Trinajstić information content (AvgIpc) is 2.36. The molecule has 0 aromatic heterocycles. The fourth-order valence-electron chi connectivity index (χ4n) is 2.80. The molecule has 0 heterocycles. The summed E-state index contributed by atoms with van der Waals surface area (Å²) < 4.78 is 0. The molecule has 0 aliphatic heterocycles. The number of rotatable bonds is 3. The maximum atomic E-state index is 12.5. The van der Waals surface area contributed by atoms with E-state index < -0.39 is 0 Å². The van der Waals surface area contributed by atoms with Gasteiger partial charge in [0.25, 0.3) is 0 Å². The van der Waals surface area contributed by atoms with Gasteiger partial charge in [-0.1, -0.05) is 24.3 Å². The standard InChI is InChI=1S/C15H22N2O/c1-11(16)10-17(2)15(18)14-9-5-7-12-6-3-4-8-13(12)14/h3-4,6,8,11,14H,5,7,9-10,16H2,1-2H3. The average molecular weight is 246 g/mol. The summed E-state index contributed by atoms with van der Waals surface area (Å²) >= 11 is 0. The number of hydrogen-bond acceptors (Lipinski definition) is 2. The van der Waals surface area contributed by atoms with Crippen molar-refractivity contribution < 1.29 is 4.79 Å². The van der Waals surface area contributed by atoms with Crippen LogP contribution >= 0.6 is 0 Å². The summed E-state index contributed by atoms with van der Waals surface area (Å²) in [6, 6.07) is 8.34. The molecule has 0 radical (unpaired) electrons. The molecule has 1 aliphatic rings. The Kier molecular flexibility index (Phi) is 4.02. The van der Waals surface area contributed by atoms with Crippen molar-refractivity contribution in [1.82, 2.24) is 4.90 Å². The minimum Gasteiger partial charge on any atom is -0.344 e. The first kappa shape index (κ1) is 13.1. The van der Waals surface area contributed by atoms with E-state index in [1.807, 2.05) is 20.0 Å². The van der Waals surface area contributed by atoms with Crippen molar-refractivity contribution in [1.29, 1.82) is 0 Å². The van der Waals surface area contributed by atoms with Gasteiger partial charge < -0.3 is 10.6 Å². The Morgan fingerprint density at radius 1 is 1.50 bits per heavy atom. The van der Waals surface area contributed by atoms with Crippen LogP contribution < -0.4 is 5.73 Å². The highest BCUT2D eigenvalue weighted by atomic mass is 16.2. The molecule has 0 saturated heterocycles. The highest BCUT2D eigenvalue weighted by Gasteiger charge is 2.28. The third-order valence-corrected chi connectivity index (χ3v) is 3.61. The zero-order valence-electron chi connectivity index (χ0n) is 11.2. The molecular weight excluding hydrogens is 224 g/mol. The summed E-state index contributed by atoms with van der Waals surface area (Å²) in [6.45, 7) is 2.55. The van der Waals surface area contributed by atoms with Crippen LogP contribution in [-0.4, -0.2) is 30.4 Å². The lowest BCUT2D eigenvalue weighted by Crippen LogP contribution is -2.40. The number of nitrogens with two attached hydrogens (primary N) is 1. The topological polar surface area (TPSA) is 46.3 Å². The second-order valence-electron chi connectivity index (χ2n) is 5.34. The van der Waals surface area contributed by atoms with E-state index >= 15 is 0 Å². The van der Waals surface area contributed by atoms with E-state index in [0.717, 1.165) is 19.3 Å². The number of fused-ring (bicyclic) bond motifs is 1. The van der Waals surface area contributed by atoms with E-state index in [0.29, 0.717) is 6.54 Å². The second kappa shape index (κ2) is 5.53. The largest absolute Gasteiger partial charge is 0.344 e. The SMILES string of the molecule is CC(N)CN(C)C(=O)C1CCCc2ccccc21. The lowest BCUT2D eigenvalue weighted by atomic mass is 9.82. The molecule has 2 N–H and O–H groups in total. The van der Waals surface area contributed by atoms with Crippen molar-refractivity contribution in [2.45, 2.75) is 38.1 Å². The Morgan fingerprint density at radius 2 is 2.22 bits per heavy atom. The lowest BCUT2D eigenvalue weighted by molar-refractivity contribution is -0.132. The van der Waals surface area contributed by atoms with Crippen LogP contribution in [0.4, 0.5) is 0 Å². The van der Waals surface area contributed by atoms with E-state index in [9.17, 15) is 4.79 Å². The number of aryl methyl sites for hydroxylation is 1. The molecule has 98 valence electrons. The van der Waals surface area contributed by atoms with Crippen LogP contribution in [-0.2, 0) is 11.2 Å². The third-order valence-electron chi connectivity index (χ3n) is 3.61. The molecule has 0 spiro atoms. The van der Waals surface area contributed by atoms with Crippen molar-refractivity contribution in [3.05, 3.63) is 35.4 Å². The first-order valence-electron chi connectivity index (χ1n) is 6.68. The zero-order chi connectivity index (χ0) is 13.1. The van der Waals surface area contributed by atoms with Crippen LogP contribution in [0, 0.1) is 0 Å². The molecule has 0 fully saturated rings. The lowest BCUT2D eigenvalue weighted by Gasteiger charge is -2.29. The van der Waals surface area contributed by atoms with E-state index in [2.05, 4.69) is 18.2 Å². The van der Waals surface area contributed by atoms with Gasteiger partial charge in [0.15, 0.2) is 0 Å². The predicted molar refractivity (Wildman–Crippen MR) is 73.4 cm³/mol. The number of carbonyl (C=O) groups excluding carboxylic acids is 1. The van der Waals surface area contributed by atoms with Crippen LogP contribution in [0.2, 0.25) is 0 Å². The van der Waals surface area contributed by atoms with Crippen LogP contribution in [0.15, 0.2) is 24.3 Å². The van der Waals surface area contributed by atoms with Crippen molar-refractivity contribution in [3.8, 4) is 0 Å². The highest BCUT2D eigenvalue weighted by molar-refractivity contribution is 5.84. The number of likely N-dealkylation sites (N-methyl/N-ethyl adjacent to an activating group) is 1. The maximum Gasteiger partial charge on any atom is 0.229 e. The van der Waals surface area contributed by atoms with Gasteiger partial charge in [0, 0.05) is 19.6 Å². The van der Waals surface area contributed by atoms with Crippen LogP contribution in [0.1, 0.15) is 36.8 Å². The summed E-state index contributed by atoms with van der Waals surface area (Å²) in [5.41, 5.74) is 8.30. The van der Waals surface area contributed by atoms with Gasteiger partial charge >= 0.3 is 0 Å². The molecule has 0 bridgehead atoms. The third kappa shape index (κ3) is 2.72. The Labute approximate surface area is 109 Å². The Balaban J connectivity index is 2.17. The molecule has 1 aliphatic carbocycles. The molecule has 2 unspecified atom stereocenters. The van der Waals surface area contributed by atoms with Gasteiger partial charge in [-0.2, -0.15) is 0 Å². The van der Waals surface area contributed by atoms with Gasteiger partial charge in [0.2, 0.25) is 5.91 Å². The summed E-state index contributed by atoms with van der Waals surface area (Å²) in [5.74, 6) is 0.234. The van der Waals surface area contributed by atoms with Gasteiger partial charge in [0.1, 0.15) is 0 Å². The maximum absolute atomic E-state index is 12.5. The summed E-state index contributed by atoms with van der Waals surface area (Å²) in [5, 5.41) is 0. The Morgan fingerprint density at radius 3 is 2.94 bits per heavy atom.